The first-order valence-electron chi connectivity index (χ1n) is 4.76. The smallest absolute Gasteiger partial charge is 0.148 e. The summed E-state index contributed by atoms with van der Waals surface area (Å²) in [5.74, 6) is 2.74. The second-order valence-corrected chi connectivity index (χ2v) is 5.86. The third kappa shape index (κ3) is 6.93. The molecule has 0 bridgehead atoms. The first kappa shape index (κ1) is 13.5. The van der Waals surface area contributed by atoms with E-state index in [1.54, 1.807) is 0 Å². The van der Waals surface area contributed by atoms with Crippen molar-refractivity contribution in [2.45, 2.75) is 38.8 Å². The normalized spacial score (nSPS) is 15.9. The lowest BCUT2D eigenvalue weighted by molar-refractivity contribution is 0.457. The summed E-state index contributed by atoms with van der Waals surface area (Å²) in [6, 6.07) is 0.181. The van der Waals surface area contributed by atoms with Crippen molar-refractivity contribution in [2.24, 2.45) is 0 Å². The van der Waals surface area contributed by atoms with E-state index < -0.39 is 9.84 Å². The van der Waals surface area contributed by atoms with Crippen LogP contribution in [0.4, 0.5) is 0 Å². The van der Waals surface area contributed by atoms with Crippen LogP contribution in [0.3, 0.4) is 0 Å². The molecule has 0 amide bonds. The van der Waals surface area contributed by atoms with Gasteiger partial charge in [-0.1, -0.05) is 6.92 Å². The standard InChI is InChI=1S/C10H19NO2S/c1-5-7-10(6-2)11-9(3)8-14(4,12)13/h1,9-11H,6-8H2,2-4H3. The summed E-state index contributed by atoms with van der Waals surface area (Å²) in [4.78, 5) is 0. The Morgan fingerprint density at radius 3 is 2.43 bits per heavy atom. The van der Waals surface area contributed by atoms with E-state index >= 15 is 0 Å². The quantitative estimate of drug-likeness (QED) is 0.670. The maximum absolute atomic E-state index is 11.0. The van der Waals surface area contributed by atoms with Crippen molar-refractivity contribution in [1.29, 1.82) is 0 Å². The molecule has 0 aliphatic rings. The fraction of sp³-hybridized carbons (Fsp3) is 0.800. The van der Waals surface area contributed by atoms with Crippen LogP contribution in [0.5, 0.6) is 0 Å². The first-order valence-corrected chi connectivity index (χ1v) is 6.82. The summed E-state index contributed by atoms with van der Waals surface area (Å²) >= 11 is 0. The van der Waals surface area contributed by atoms with Gasteiger partial charge in [0.2, 0.25) is 0 Å². The molecule has 0 aromatic heterocycles. The molecule has 0 saturated heterocycles. The van der Waals surface area contributed by atoms with E-state index in [1.165, 1.54) is 6.26 Å². The average Bonchev–Trinajstić information content (AvgIpc) is 2.00. The molecule has 4 heteroatoms. The molecule has 0 saturated carbocycles. The van der Waals surface area contributed by atoms with Gasteiger partial charge >= 0.3 is 0 Å². The zero-order valence-electron chi connectivity index (χ0n) is 9.08. The summed E-state index contributed by atoms with van der Waals surface area (Å²) in [5.41, 5.74) is 0. The van der Waals surface area contributed by atoms with Gasteiger partial charge in [-0.2, -0.15) is 0 Å². The van der Waals surface area contributed by atoms with Crippen molar-refractivity contribution in [1.82, 2.24) is 5.32 Å². The highest BCUT2D eigenvalue weighted by atomic mass is 32.2. The highest BCUT2D eigenvalue weighted by molar-refractivity contribution is 7.90. The van der Waals surface area contributed by atoms with Gasteiger partial charge in [0.05, 0.1) is 5.75 Å². The van der Waals surface area contributed by atoms with Gasteiger partial charge < -0.3 is 5.32 Å². The number of rotatable bonds is 6. The topological polar surface area (TPSA) is 46.2 Å². The summed E-state index contributed by atoms with van der Waals surface area (Å²) in [6.45, 7) is 3.89. The molecule has 0 heterocycles. The predicted molar refractivity (Wildman–Crippen MR) is 59.8 cm³/mol. The Morgan fingerprint density at radius 2 is 2.07 bits per heavy atom. The van der Waals surface area contributed by atoms with E-state index in [0.29, 0.717) is 6.42 Å². The molecule has 2 atom stereocenters. The minimum absolute atomic E-state index is 0.0386. The van der Waals surface area contributed by atoms with Gasteiger partial charge in [0.25, 0.3) is 0 Å². The van der Waals surface area contributed by atoms with Gasteiger partial charge in [-0.15, -0.1) is 12.3 Å². The van der Waals surface area contributed by atoms with Gasteiger partial charge in [-0.25, -0.2) is 8.42 Å². The number of hydrogen-bond acceptors (Lipinski definition) is 3. The van der Waals surface area contributed by atoms with Crippen LogP contribution in [-0.2, 0) is 9.84 Å². The van der Waals surface area contributed by atoms with Crippen molar-refractivity contribution in [2.75, 3.05) is 12.0 Å². The van der Waals surface area contributed by atoms with Crippen LogP contribution in [0.1, 0.15) is 26.7 Å². The zero-order chi connectivity index (χ0) is 11.2. The molecule has 1 N–H and O–H groups in total. The van der Waals surface area contributed by atoms with E-state index in [0.717, 1.165) is 6.42 Å². The van der Waals surface area contributed by atoms with Crippen LogP contribution in [-0.4, -0.2) is 32.5 Å². The monoisotopic (exact) mass is 217 g/mol. The van der Waals surface area contributed by atoms with Gasteiger partial charge in [0.1, 0.15) is 9.84 Å². The third-order valence-corrected chi connectivity index (χ3v) is 3.04. The molecule has 2 unspecified atom stereocenters. The number of hydrogen-bond donors (Lipinski definition) is 1. The average molecular weight is 217 g/mol. The van der Waals surface area contributed by atoms with Crippen molar-refractivity contribution >= 4 is 9.84 Å². The first-order chi connectivity index (χ1) is 6.39. The predicted octanol–water partition coefficient (Wildman–Crippen LogP) is 0.811. The van der Waals surface area contributed by atoms with E-state index in [4.69, 9.17) is 6.42 Å². The highest BCUT2D eigenvalue weighted by Crippen LogP contribution is 1.99. The van der Waals surface area contributed by atoms with Crippen LogP contribution in [0, 0.1) is 12.3 Å². The molecule has 3 nitrogen and oxygen atoms in total. The van der Waals surface area contributed by atoms with Crippen LogP contribution in [0.15, 0.2) is 0 Å². The molecule has 14 heavy (non-hydrogen) atoms. The van der Waals surface area contributed by atoms with Crippen molar-refractivity contribution in [3.63, 3.8) is 0 Å². The molecule has 0 rings (SSSR count). The van der Waals surface area contributed by atoms with Crippen LogP contribution in [0.25, 0.3) is 0 Å². The number of sulfone groups is 1. The maximum Gasteiger partial charge on any atom is 0.148 e. The van der Waals surface area contributed by atoms with Gasteiger partial charge in [-0.3, -0.25) is 0 Å². The molecule has 0 spiro atoms. The van der Waals surface area contributed by atoms with Gasteiger partial charge in [0, 0.05) is 24.8 Å². The molecular weight excluding hydrogens is 198 g/mol. The minimum atomic E-state index is -2.91. The fourth-order valence-electron chi connectivity index (χ4n) is 1.37. The molecule has 0 radical (unpaired) electrons. The summed E-state index contributed by atoms with van der Waals surface area (Å²) in [7, 11) is -2.91. The molecule has 0 aliphatic heterocycles. The van der Waals surface area contributed by atoms with Crippen LogP contribution >= 0.6 is 0 Å². The van der Waals surface area contributed by atoms with Crippen LogP contribution in [0.2, 0.25) is 0 Å². The lowest BCUT2D eigenvalue weighted by Crippen LogP contribution is -2.39. The van der Waals surface area contributed by atoms with E-state index in [1.807, 2.05) is 13.8 Å². The Hall–Kier alpha value is -0.530. The lowest BCUT2D eigenvalue weighted by atomic mass is 10.1. The molecule has 0 fully saturated rings. The molecule has 0 aromatic rings. The molecular formula is C10H19NO2S. The Morgan fingerprint density at radius 1 is 1.50 bits per heavy atom. The number of nitrogens with one attached hydrogen (secondary N) is 1. The summed E-state index contributed by atoms with van der Waals surface area (Å²) in [5, 5.41) is 3.20. The van der Waals surface area contributed by atoms with E-state index in [2.05, 4.69) is 11.2 Å². The Balaban J connectivity index is 4.04. The minimum Gasteiger partial charge on any atom is -0.310 e. The SMILES string of the molecule is C#CCC(CC)NC(C)CS(C)(=O)=O. The van der Waals surface area contributed by atoms with Crippen molar-refractivity contribution < 1.29 is 8.42 Å². The van der Waals surface area contributed by atoms with Crippen molar-refractivity contribution in [3.8, 4) is 12.3 Å². The molecule has 0 aromatic carbocycles. The van der Waals surface area contributed by atoms with E-state index in [9.17, 15) is 8.42 Å². The van der Waals surface area contributed by atoms with Crippen molar-refractivity contribution in [3.05, 3.63) is 0 Å². The number of terminal acetylenes is 1. The summed E-state index contributed by atoms with van der Waals surface area (Å²) in [6.07, 6.45) is 8.00. The Labute approximate surface area is 87.2 Å². The zero-order valence-corrected chi connectivity index (χ0v) is 9.89. The van der Waals surface area contributed by atoms with E-state index in [-0.39, 0.29) is 17.8 Å². The second-order valence-electron chi connectivity index (χ2n) is 3.67. The third-order valence-electron chi connectivity index (χ3n) is 1.93. The van der Waals surface area contributed by atoms with Crippen LogP contribution < -0.4 is 5.32 Å². The fourth-order valence-corrected chi connectivity index (χ4v) is 2.37. The maximum atomic E-state index is 11.0. The lowest BCUT2D eigenvalue weighted by Gasteiger charge is -2.19. The highest BCUT2D eigenvalue weighted by Gasteiger charge is 2.13. The summed E-state index contributed by atoms with van der Waals surface area (Å²) < 4.78 is 22.0. The Bertz CT molecular complexity index is 290. The largest absolute Gasteiger partial charge is 0.310 e. The molecule has 82 valence electrons. The second kappa shape index (κ2) is 6.05. The Kier molecular flexibility index (Phi) is 5.82. The van der Waals surface area contributed by atoms with Gasteiger partial charge in [0.15, 0.2) is 0 Å². The molecule has 0 aliphatic carbocycles. The van der Waals surface area contributed by atoms with Gasteiger partial charge in [-0.05, 0) is 13.3 Å².